The highest BCUT2D eigenvalue weighted by atomic mass is 79.9. The number of alkyl halides is 2. The molecule has 0 aromatic heterocycles. The van der Waals surface area contributed by atoms with Crippen LogP contribution >= 0.6 is 46.9 Å². The number of rotatable bonds is 7. The molecule has 2 aromatic carbocycles. The van der Waals surface area contributed by atoms with E-state index < -0.39 is 13.8 Å². The van der Waals surface area contributed by atoms with Gasteiger partial charge in [-0.2, -0.15) is 20.5 Å². The van der Waals surface area contributed by atoms with Gasteiger partial charge in [-0.25, -0.2) is 8.96 Å². The molecule has 0 saturated heterocycles. The second-order valence-corrected chi connectivity index (χ2v) is 8.84. The lowest BCUT2D eigenvalue weighted by molar-refractivity contribution is 0.188. The molecule has 0 aliphatic carbocycles. The average molecular weight is 476 g/mol. The van der Waals surface area contributed by atoms with Crippen molar-refractivity contribution in [3.63, 3.8) is 0 Å². The second kappa shape index (κ2) is 8.82. The van der Waals surface area contributed by atoms with Crippen LogP contribution in [0.2, 0.25) is 5.02 Å². The van der Waals surface area contributed by atoms with Crippen molar-refractivity contribution in [1.29, 1.82) is 0 Å². The zero-order chi connectivity index (χ0) is 18.6. The van der Waals surface area contributed by atoms with Crippen LogP contribution in [0.25, 0.3) is 0 Å². The molecule has 0 heterocycles. The lowest BCUT2D eigenvalue weighted by Crippen LogP contribution is -2.01. The monoisotopic (exact) mass is 474 g/mol. The molecule has 0 bridgehead atoms. The van der Waals surface area contributed by atoms with E-state index in [9.17, 15) is 17.7 Å². The average Bonchev–Trinajstić information content (AvgIpc) is 2.52. The molecule has 0 aliphatic heterocycles. The van der Waals surface area contributed by atoms with Gasteiger partial charge in [-0.3, -0.25) is 0 Å². The normalized spacial score (nSPS) is 13.7. The number of thioether (sulfide) groups is 1. The van der Waals surface area contributed by atoms with Crippen molar-refractivity contribution in [2.24, 2.45) is 0 Å². The highest BCUT2D eigenvalue weighted by molar-refractivity contribution is 9.10. The molecular formula is C15H12BrClF3O3PS. The Morgan fingerprint density at radius 1 is 1.28 bits per heavy atom. The molecule has 1 N–H and O–H groups in total. The van der Waals surface area contributed by atoms with E-state index in [4.69, 9.17) is 16.5 Å². The summed E-state index contributed by atoms with van der Waals surface area (Å²) in [5.74, 6) is 0.320. The fourth-order valence-corrected chi connectivity index (χ4v) is 4.31. The number of halogens is 5. The van der Waals surface area contributed by atoms with Crippen molar-refractivity contribution in [3.8, 4) is 5.75 Å². The van der Waals surface area contributed by atoms with E-state index in [1.54, 1.807) is 18.2 Å². The smallest absolute Gasteiger partial charge is 0.420 e. The van der Waals surface area contributed by atoms with Gasteiger partial charge in [-0.15, -0.1) is 0 Å². The minimum atomic E-state index is -5.03. The van der Waals surface area contributed by atoms with Crippen molar-refractivity contribution in [2.75, 3.05) is 0 Å². The molecule has 2 aromatic rings. The summed E-state index contributed by atoms with van der Waals surface area (Å²) < 4.78 is 54.5. The van der Waals surface area contributed by atoms with Gasteiger partial charge < -0.3 is 9.42 Å². The van der Waals surface area contributed by atoms with Crippen LogP contribution in [0.4, 0.5) is 13.2 Å². The molecule has 0 fully saturated rings. The summed E-state index contributed by atoms with van der Waals surface area (Å²) in [5, 5.41) is 0.350. The van der Waals surface area contributed by atoms with Gasteiger partial charge >= 0.3 is 13.8 Å². The Kier molecular flexibility index (Phi) is 7.29. The Bertz CT molecular complexity index is 789. The minimum absolute atomic E-state index is 0.156. The summed E-state index contributed by atoms with van der Waals surface area (Å²) in [7, 11) is -5.03. The summed E-state index contributed by atoms with van der Waals surface area (Å²) in [6.07, 6.45) is -3.49. The summed E-state index contributed by atoms with van der Waals surface area (Å²) >= 11 is 10.5. The Morgan fingerprint density at radius 2 is 2.00 bits per heavy atom. The highest BCUT2D eigenvalue weighted by Crippen LogP contribution is 2.50. The van der Waals surface area contributed by atoms with E-state index in [1.165, 1.54) is 30.0 Å². The quantitative estimate of drug-likeness (QED) is 0.467. The molecule has 136 valence electrons. The first-order valence-corrected chi connectivity index (χ1v) is 10.8. The molecule has 10 heteroatoms. The van der Waals surface area contributed by atoms with Crippen molar-refractivity contribution in [2.45, 2.75) is 17.7 Å². The SMILES string of the molecule is O=P(O)(Oc1ccc(CSCc2c(F)cccc2Cl)cc1Br)C(F)F. The third-order valence-electron chi connectivity index (χ3n) is 3.05. The third-order valence-corrected chi connectivity index (χ3v) is 6.00. The van der Waals surface area contributed by atoms with Gasteiger partial charge in [0, 0.05) is 22.1 Å². The van der Waals surface area contributed by atoms with Crippen LogP contribution in [-0.2, 0) is 16.1 Å². The first-order chi connectivity index (χ1) is 11.7. The highest BCUT2D eigenvalue weighted by Gasteiger charge is 2.34. The van der Waals surface area contributed by atoms with Gasteiger partial charge in [0.25, 0.3) is 0 Å². The molecule has 0 saturated carbocycles. The first-order valence-electron chi connectivity index (χ1n) is 6.80. The van der Waals surface area contributed by atoms with Crippen LogP contribution in [0.1, 0.15) is 11.1 Å². The van der Waals surface area contributed by atoms with Gasteiger partial charge in [0.05, 0.1) is 4.47 Å². The van der Waals surface area contributed by atoms with E-state index in [1.807, 2.05) is 0 Å². The second-order valence-electron chi connectivity index (χ2n) is 4.89. The van der Waals surface area contributed by atoms with Crippen LogP contribution in [0, 0.1) is 5.82 Å². The van der Waals surface area contributed by atoms with Crippen molar-refractivity contribution >= 4 is 46.9 Å². The van der Waals surface area contributed by atoms with E-state index in [-0.39, 0.29) is 16.0 Å². The van der Waals surface area contributed by atoms with Crippen LogP contribution in [0.3, 0.4) is 0 Å². The number of benzene rings is 2. The van der Waals surface area contributed by atoms with E-state index >= 15 is 0 Å². The van der Waals surface area contributed by atoms with Crippen LogP contribution in [-0.4, -0.2) is 11.1 Å². The lowest BCUT2D eigenvalue weighted by Gasteiger charge is -2.14. The molecule has 0 radical (unpaired) electrons. The van der Waals surface area contributed by atoms with Gasteiger partial charge in [0.15, 0.2) is 0 Å². The van der Waals surface area contributed by atoms with Crippen molar-refractivity contribution < 1.29 is 27.2 Å². The predicted octanol–water partition coefficient (Wildman–Crippen LogP) is 6.46. The van der Waals surface area contributed by atoms with Gasteiger partial charge in [0.1, 0.15) is 11.6 Å². The van der Waals surface area contributed by atoms with Gasteiger partial charge in [0.2, 0.25) is 0 Å². The van der Waals surface area contributed by atoms with Crippen LogP contribution < -0.4 is 4.52 Å². The minimum Gasteiger partial charge on any atom is -0.420 e. The van der Waals surface area contributed by atoms with E-state index in [0.717, 1.165) is 5.56 Å². The molecule has 0 amide bonds. The predicted molar refractivity (Wildman–Crippen MR) is 97.0 cm³/mol. The first kappa shape index (κ1) is 20.6. The van der Waals surface area contributed by atoms with E-state index in [2.05, 4.69) is 20.5 Å². The lowest BCUT2D eigenvalue weighted by atomic mass is 10.2. The van der Waals surface area contributed by atoms with Crippen molar-refractivity contribution in [1.82, 2.24) is 0 Å². The number of hydrogen-bond donors (Lipinski definition) is 1. The summed E-state index contributed by atoms with van der Waals surface area (Å²) in [6.45, 7) is 0. The molecule has 25 heavy (non-hydrogen) atoms. The van der Waals surface area contributed by atoms with E-state index in [0.29, 0.717) is 22.1 Å². The number of hydrogen-bond acceptors (Lipinski definition) is 3. The third kappa shape index (κ3) is 5.66. The van der Waals surface area contributed by atoms with Gasteiger partial charge in [-0.05, 0) is 45.8 Å². The Labute approximate surface area is 160 Å². The summed E-state index contributed by atoms with van der Waals surface area (Å²) in [5.41, 5.74) is 1.20. The van der Waals surface area contributed by atoms with Crippen LogP contribution in [0.5, 0.6) is 5.75 Å². The molecule has 2 rings (SSSR count). The zero-order valence-corrected chi connectivity index (χ0v) is 16.5. The standard InChI is InChI=1S/C15H12BrClF3O3PS/c16-11-6-9(4-5-14(11)23-24(21,22)15(19)20)7-25-8-10-12(17)2-1-3-13(10)18/h1-6,15H,7-8H2,(H,21,22). The molecular weight excluding hydrogens is 464 g/mol. The van der Waals surface area contributed by atoms with Gasteiger partial charge in [-0.1, -0.05) is 23.7 Å². The Balaban J connectivity index is 2.00. The topological polar surface area (TPSA) is 46.5 Å². The fraction of sp³-hybridized carbons (Fsp3) is 0.200. The largest absolute Gasteiger partial charge is 0.442 e. The summed E-state index contributed by atoms with van der Waals surface area (Å²) in [4.78, 5) is 9.07. The zero-order valence-electron chi connectivity index (χ0n) is 12.5. The summed E-state index contributed by atoms with van der Waals surface area (Å²) in [6, 6.07) is 8.95. The Morgan fingerprint density at radius 3 is 2.60 bits per heavy atom. The maximum Gasteiger partial charge on any atom is 0.442 e. The molecule has 0 aliphatic rings. The fourth-order valence-electron chi connectivity index (χ4n) is 1.83. The molecule has 1 unspecified atom stereocenters. The van der Waals surface area contributed by atoms with Crippen LogP contribution in [0.15, 0.2) is 40.9 Å². The van der Waals surface area contributed by atoms with Crippen molar-refractivity contribution in [3.05, 3.63) is 62.8 Å². The maximum atomic E-state index is 13.7. The molecule has 1 atom stereocenters. The molecule has 0 spiro atoms. The molecule has 3 nitrogen and oxygen atoms in total. The maximum absolute atomic E-state index is 13.7. The Hall–Kier alpha value is -0.660.